The Balaban J connectivity index is 2.26. The SMILES string of the molecule is C[C@](O)(c1ccccc1)[C@@H]1C=CCCC1. The van der Waals surface area contributed by atoms with Gasteiger partial charge in [-0.05, 0) is 31.7 Å². The van der Waals surface area contributed by atoms with Gasteiger partial charge in [-0.1, -0.05) is 42.5 Å². The molecule has 1 aliphatic carbocycles. The first kappa shape index (κ1) is 10.4. The molecule has 0 aromatic heterocycles. The Morgan fingerprint density at radius 1 is 1.27 bits per heavy atom. The molecule has 2 rings (SSSR count). The molecule has 15 heavy (non-hydrogen) atoms. The molecule has 0 aliphatic heterocycles. The van der Waals surface area contributed by atoms with Crippen LogP contribution in [-0.4, -0.2) is 5.11 Å². The van der Waals surface area contributed by atoms with E-state index >= 15 is 0 Å². The molecule has 1 heteroatoms. The van der Waals surface area contributed by atoms with Gasteiger partial charge in [-0.3, -0.25) is 0 Å². The zero-order chi connectivity index (χ0) is 10.7. The van der Waals surface area contributed by atoms with Gasteiger partial charge in [0.1, 0.15) is 0 Å². The molecule has 0 radical (unpaired) electrons. The van der Waals surface area contributed by atoms with E-state index in [4.69, 9.17) is 0 Å². The van der Waals surface area contributed by atoms with Crippen molar-refractivity contribution in [3.05, 3.63) is 48.0 Å². The maximum atomic E-state index is 10.6. The van der Waals surface area contributed by atoms with E-state index in [1.807, 2.05) is 37.3 Å². The van der Waals surface area contributed by atoms with Gasteiger partial charge in [0.25, 0.3) is 0 Å². The maximum Gasteiger partial charge on any atom is 0.0930 e. The highest BCUT2D eigenvalue weighted by molar-refractivity contribution is 5.24. The van der Waals surface area contributed by atoms with Gasteiger partial charge in [0.05, 0.1) is 5.60 Å². The lowest BCUT2D eigenvalue weighted by molar-refractivity contribution is 0.00800. The van der Waals surface area contributed by atoms with E-state index in [0.29, 0.717) is 0 Å². The molecule has 1 aliphatic rings. The zero-order valence-corrected chi connectivity index (χ0v) is 9.19. The highest BCUT2D eigenvalue weighted by Gasteiger charge is 2.32. The average molecular weight is 202 g/mol. The molecule has 0 bridgehead atoms. The fourth-order valence-corrected chi connectivity index (χ4v) is 2.27. The van der Waals surface area contributed by atoms with E-state index in [0.717, 1.165) is 18.4 Å². The Morgan fingerprint density at radius 2 is 2.00 bits per heavy atom. The summed E-state index contributed by atoms with van der Waals surface area (Å²) in [6, 6.07) is 9.95. The first-order chi connectivity index (χ1) is 7.21. The van der Waals surface area contributed by atoms with Crippen molar-refractivity contribution in [3.8, 4) is 0 Å². The molecular formula is C14H18O. The number of hydrogen-bond donors (Lipinski definition) is 1. The fraction of sp³-hybridized carbons (Fsp3) is 0.429. The first-order valence-corrected chi connectivity index (χ1v) is 5.66. The Labute approximate surface area is 91.4 Å². The van der Waals surface area contributed by atoms with Crippen LogP contribution >= 0.6 is 0 Å². The van der Waals surface area contributed by atoms with Crippen LogP contribution in [0.3, 0.4) is 0 Å². The van der Waals surface area contributed by atoms with Crippen LogP contribution in [0.2, 0.25) is 0 Å². The average Bonchev–Trinajstić information content (AvgIpc) is 2.31. The lowest BCUT2D eigenvalue weighted by Crippen LogP contribution is -2.31. The van der Waals surface area contributed by atoms with Crippen molar-refractivity contribution in [1.82, 2.24) is 0 Å². The van der Waals surface area contributed by atoms with E-state index < -0.39 is 5.60 Å². The van der Waals surface area contributed by atoms with Crippen LogP contribution in [0.5, 0.6) is 0 Å². The molecule has 0 spiro atoms. The second-order valence-corrected chi connectivity index (χ2v) is 4.48. The molecule has 1 aromatic carbocycles. The lowest BCUT2D eigenvalue weighted by Gasteiger charge is -2.33. The molecule has 0 unspecified atom stereocenters. The van der Waals surface area contributed by atoms with Gasteiger partial charge in [0, 0.05) is 5.92 Å². The third-order valence-corrected chi connectivity index (χ3v) is 3.33. The molecule has 1 N–H and O–H groups in total. The van der Waals surface area contributed by atoms with E-state index in [1.165, 1.54) is 6.42 Å². The standard InChI is InChI=1S/C14H18O/c1-14(15,12-8-4-2-5-9-12)13-10-6-3-7-11-13/h2,4-6,8-10,13,15H,3,7,11H2,1H3/t13-,14+/m1/s1. The van der Waals surface area contributed by atoms with Crippen LogP contribution in [0.1, 0.15) is 31.7 Å². The molecule has 0 saturated carbocycles. The Kier molecular flexibility index (Phi) is 2.92. The maximum absolute atomic E-state index is 10.6. The van der Waals surface area contributed by atoms with Gasteiger partial charge >= 0.3 is 0 Å². The predicted octanol–water partition coefficient (Wildman–Crippen LogP) is 3.25. The predicted molar refractivity (Wildman–Crippen MR) is 62.5 cm³/mol. The molecule has 0 fully saturated rings. The quantitative estimate of drug-likeness (QED) is 0.730. The van der Waals surface area contributed by atoms with Crippen molar-refractivity contribution in [2.45, 2.75) is 31.8 Å². The van der Waals surface area contributed by atoms with E-state index in [1.54, 1.807) is 0 Å². The van der Waals surface area contributed by atoms with Crippen LogP contribution in [-0.2, 0) is 5.60 Å². The van der Waals surface area contributed by atoms with Crippen LogP contribution < -0.4 is 0 Å². The number of aliphatic hydroxyl groups is 1. The minimum Gasteiger partial charge on any atom is -0.385 e. The van der Waals surface area contributed by atoms with Gasteiger partial charge in [-0.25, -0.2) is 0 Å². The summed E-state index contributed by atoms with van der Waals surface area (Å²) in [5.74, 6) is 0.258. The van der Waals surface area contributed by atoms with Gasteiger partial charge in [0.2, 0.25) is 0 Å². The second kappa shape index (κ2) is 4.19. The largest absolute Gasteiger partial charge is 0.385 e. The minimum absolute atomic E-state index is 0.258. The summed E-state index contributed by atoms with van der Waals surface area (Å²) >= 11 is 0. The van der Waals surface area contributed by atoms with Gasteiger partial charge in [-0.15, -0.1) is 0 Å². The van der Waals surface area contributed by atoms with Crippen molar-refractivity contribution < 1.29 is 5.11 Å². The van der Waals surface area contributed by atoms with Crippen molar-refractivity contribution >= 4 is 0 Å². The van der Waals surface area contributed by atoms with Gasteiger partial charge in [0.15, 0.2) is 0 Å². The summed E-state index contributed by atoms with van der Waals surface area (Å²) in [6.07, 6.45) is 7.77. The Morgan fingerprint density at radius 3 is 2.60 bits per heavy atom. The van der Waals surface area contributed by atoms with E-state index in [9.17, 15) is 5.11 Å². The van der Waals surface area contributed by atoms with Crippen molar-refractivity contribution in [1.29, 1.82) is 0 Å². The third kappa shape index (κ3) is 2.13. The molecule has 0 heterocycles. The monoisotopic (exact) mass is 202 g/mol. The van der Waals surface area contributed by atoms with E-state index in [-0.39, 0.29) is 5.92 Å². The summed E-state index contributed by atoms with van der Waals surface area (Å²) in [7, 11) is 0. The first-order valence-electron chi connectivity index (χ1n) is 5.66. The topological polar surface area (TPSA) is 20.2 Å². The second-order valence-electron chi connectivity index (χ2n) is 4.48. The molecule has 0 saturated heterocycles. The normalized spacial score (nSPS) is 24.8. The number of rotatable bonds is 2. The fourth-order valence-electron chi connectivity index (χ4n) is 2.27. The van der Waals surface area contributed by atoms with Crippen LogP contribution in [0.4, 0.5) is 0 Å². The van der Waals surface area contributed by atoms with Crippen LogP contribution in [0, 0.1) is 5.92 Å². The molecule has 1 nitrogen and oxygen atoms in total. The summed E-state index contributed by atoms with van der Waals surface area (Å²) in [5.41, 5.74) is 0.291. The summed E-state index contributed by atoms with van der Waals surface area (Å²) in [4.78, 5) is 0. The molecule has 2 atom stereocenters. The number of benzene rings is 1. The molecular weight excluding hydrogens is 184 g/mol. The van der Waals surface area contributed by atoms with Gasteiger partial charge in [-0.2, -0.15) is 0 Å². The molecule has 80 valence electrons. The van der Waals surface area contributed by atoms with Crippen molar-refractivity contribution in [3.63, 3.8) is 0 Å². The smallest absolute Gasteiger partial charge is 0.0930 e. The Bertz CT molecular complexity index is 338. The number of hydrogen-bond acceptors (Lipinski definition) is 1. The highest BCUT2D eigenvalue weighted by atomic mass is 16.3. The number of allylic oxidation sites excluding steroid dienone is 1. The summed E-state index contributed by atoms with van der Waals surface area (Å²) in [5, 5.41) is 10.6. The molecule has 0 amide bonds. The van der Waals surface area contributed by atoms with Crippen molar-refractivity contribution in [2.75, 3.05) is 0 Å². The zero-order valence-electron chi connectivity index (χ0n) is 9.19. The third-order valence-electron chi connectivity index (χ3n) is 3.33. The van der Waals surface area contributed by atoms with Crippen molar-refractivity contribution in [2.24, 2.45) is 5.92 Å². The van der Waals surface area contributed by atoms with Crippen LogP contribution in [0.15, 0.2) is 42.5 Å². The van der Waals surface area contributed by atoms with Crippen LogP contribution in [0.25, 0.3) is 0 Å². The molecule has 1 aromatic rings. The minimum atomic E-state index is -0.724. The summed E-state index contributed by atoms with van der Waals surface area (Å²) in [6.45, 7) is 1.92. The lowest BCUT2D eigenvalue weighted by atomic mass is 9.78. The van der Waals surface area contributed by atoms with Gasteiger partial charge < -0.3 is 5.11 Å². The van der Waals surface area contributed by atoms with E-state index in [2.05, 4.69) is 12.2 Å². The Hall–Kier alpha value is -1.08. The highest BCUT2D eigenvalue weighted by Crippen LogP contribution is 2.35. The summed E-state index contributed by atoms with van der Waals surface area (Å²) < 4.78 is 0.